The number of fused-ring (bicyclic) bond motifs is 1. The number of hydrogen-bond donors (Lipinski definition) is 2. The number of rotatable bonds is 2. The van der Waals surface area contributed by atoms with Crippen molar-refractivity contribution in [3.63, 3.8) is 0 Å². The molecule has 1 saturated carbocycles. The van der Waals surface area contributed by atoms with Crippen LogP contribution in [-0.2, 0) is 13.0 Å². The lowest BCUT2D eigenvalue weighted by Crippen LogP contribution is -2.30. The number of nitrogens with zero attached hydrogens (tertiary/aromatic N) is 2. The van der Waals surface area contributed by atoms with Crippen LogP contribution in [0.2, 0.25) is 0 Å². The van der Waals surface area contributed by atoms with E-state index in [0.717, 1.165) is 31.2 Å². The average molecular weight is 218 g/mol. The standard InChI is InChI=1S/C12H18N4/c1-8-10-5-6-13-7-11(10)16-12(14-8)15-9-3-2-4-9/h9,13H,2-7H2,1H3,(H,14,15,16). The van der Waals surface area contributed by atoms with E-state index in [0.29, 0.717) is 6.04 Å². The third-order valence-electron chi connectivity index (χ3n) is 3.58. The molecule has 2 aliphatic rings. The Bertz CT molecular complexity index is 398. The lowest BCUT2D eigenvalue weighted by atomic mass is 9.93. The second-order valence-electron chi connectivity index (χ2n) is 4.76. The first-order valence-electron chi connectivity index (χ1n) is 6.16. The van der Waals surface area contributed by atoms with Gasteiger partial charge < -0.3 is 10.6 Å². The topological polar surface area (TPSA) is 49.8 Å². The van der Waals surface area contributed by atoms with Gasteiger partial charge in [-0.2, -0.15) is 0 Å². The van der Waals surface area contributed by atoms with Crippen molar-refractivity contribution >= 4 is 5.95 Å². The fraction of sp³-hybridized carbons (Fsp3) is 0.667. The zero-order valence-electron chi connectivity index (χ0n) is 9.71. The predicted molar refractivity (Wildman–Crippen MR) is 63.4 cm³/mol. The molecule has 1 aromatic rings. The van der Waals surface area contributed by atoms with Crippen molar-refractivity contribution in [1.82, 2.24) is 15.3 Å². The number of nitrogens with one attached hydrogen (secondary N) is 2. The maximum Gasteiger partial charge on any atom is 0.223 e. The smallest absolute Gasteiger partial charge is 0.223 e. The highest BCUT2D eigenvalue weighted by Crippen LogP contribution is 2.23. The SMILES string of the molecule is Cc1nc(NC2CCC2)nc2c1CCNC2. The third kappa shape index (κ3) is 1.78. The third-order valence-corrected chi connectivity index (χ3v) is 3.58. The maximum atomic E-state index is 4.61. The fourth-order valence-electron chi connectivity index (χ4n) is 2.35. The molecule has 0 saturated heterocycles. The monoisotopic (exact) mass is 218 g/mol. The molecule has 4 heteroatoms. The van der Waals surface area contributed by atoms with Crippen LogP contribution in [0.1, 0.15) is 36.2 Å². The normalized spacial score (nSPS) is 20.1. The molecule has 1 fully saturated rings. The van der Waals surface area contributed by atoms with Gasteiger partial charge in [0.05, 0.1) is 5.69 Å². The number of hydrogen-bond acceptors (Lipinski definition) is 4. The minimum Gasteiger partial charge on any atom is -0.351 e. The summed E-state index contributed by atoms with van der Waals surface area (Å²) in [6.07, 6.45) is 4.92. The summed E-state index contributed by atoms with van der Waals surface area (Å²) in [5.74, 6) is 0.824. The van der Waals surface area contributed by atoms with E-state index in [1.54, 1.807) is 0 Å². The quantitative estimate of drug-likeness (QED) is 0.787. The lowest BCUT2D eigenvalue weighted by Gasteiger charge is -2.27. The van der Waals surface area contributed by atoms with Gasteiger partial charge in [-0.05, 0) is 44.7 Å². The average Bonchev–Trinajstić information content (AvgIpc) is 2.24. The summed E-state index contributed by atoms with van der Waals surface area (Å²) in [4.78, 5) is 9.17. The molecule has 0 bridgehead atoms. The van der Waals surface area contributed by atoms with Crippen LogP contribution in [0.15, 0.2) is 0 Å². The van der Waals surface area contributed by atoms with Crippen LogP contribution in [0.5, 0.6) is 0 Å². The van der Waals surface area contributed by atoms with Gasteiger partial charge in [0.25, 0.3) is 0 Å². The van der Waals surface area contributed by atoms with Crippen molar-refractivity contribution in [3.05, 3.63) is 17.0 Å². The first kappa shape index (κ1) is 10.0. The molecule has 3 rings (SSSR count). The molecule has 0 unspecified atom stereocenters. The fourth-order valence-corrected chi connectivity index (χ4v) is 2.35. The van der Waals surface area contributed by atoms with Crippen LogP contribution in [0, 0.1) is 6.92 Å². The van der Waals surface area contributed by atoms with Crippen LogP contribution in [0.3, 0.4) is 0 Å². The first-order chi connectivity index (χ1) is 7.83. The van der Waals surface area contributed by atoms with E-state index in [4.69, 9.17) is 0 Å². The summed E-state index contributed by atoms with van der Waals surface area (Å²) in [7, 11) is 0. The summed E-state index contributed by atoms with van der Waals surface area (Å²) in [5.41, 5.74) is 3.67. The minimum atomic E-state index is 0.606. The number of anilines is 1. The van der Waals surface area contributed by atoms with Crippen molar-refractivity contribution in [2.75, 3.05) is 11.9 Å². The molecule has 4 nitrogen and oxygen atoms in total. The molecule has 0 atom stereocenters. The molecule has 16 heavy (non-hydrogen) atoms. The second-order valence-corrected chi connectivity index (χ2v) is 4.76. The van der Waals surface area contributed by atoms with Crippen LogP contribution >= 0.6 is 0 Å². The van der Waals surface area contributed by atoms with E-state index in [-0.39, 0.29) is 0 Å². The van der Waals surface area contributed by atoms with E-state index >= 15 is 0 Å². The highest BCUT2D eigenvalue weighted by molar-refractivity contribution is 5.36. The highest BCUT2D eigenvalue weighted by Gasteiger charge is 2.20. The Morgan fingerprint density at radius 3 is 2.94 bits per heavy atom. The molecule has 0 spiro atoms. The van der Waals surface area contributed by atoms with Crippen molar-refractivity contribution in [2.24, 2.45) is 0 Å². The predicted octanol–water partition coefficient (Wildman–Crippen LogP) is 1.40. The molecule has 0 amide bonds. The molecule has 2 heterocycles. The first-order valence-corrected chi connectivity index (χ1v) is 6.16. The van der Waals surface area contributed by atoms with E-state index in [2.05, 4.69) is 27.5 Å². The second kappa shape index (κ2) is 4.01. The molecule has 86 valence electrons. The van der Waals surface area contributed by atoms with E-state index < -0.39 is 0 Å². The van der Waals surface area contributed by atoms with Crippen molar-refractivity contribution in [2.45, 2.75) is 45.2 Å². The molecular formula is C12H18N4. The molecule has 0 aromatic carbocycles. The van der Waals surface area contributed by atoms with Crippen LogP contribution < -0.4 is 10.6 Å². The van der Waals surface area contributed by atoms with Gasteiger partial charge in [-0.1, -0.05) is 0 Å². The highest BCUT2D eigenvalue weighted by atomic mass is 15.1. The molecule has 1 aliphatic carbocycles. The van der Waals surface area contributed by atoms with Gasteiger partial charge in [-0.25, -0.2) is 9.97 Å². The molecule has 1 aromatic heterocycles. The van der Waals surface area contributed by atoms with Gasteiger partial charge in [0.15, 0.2) is 0 Å². The summed E-state index contributed by atoms with van der Waals surface area (Å²) in [6.45, 7) is 4.03. The van der Waals surface area contributed by atoms with Crippen molar-refractivity contribution in [1.29, 1.82) is 0 Å². The lowest BCUT2D eigenvalue weighted by molar-refractivity contribution is 0.442. The Labute approximate surface area is 95.9 Å². The summed E-state index contributed by atoms with van der Waals surface area (Å²) >= 11 is 0. The van der Waals surface area contributed by atoms with Gasteiger partial charge in [0, 0.05) is 18.3 Å². The Hall–Kier alpha value is -1.16. The maximum absolute atomic E-state index is 4.61. The minimum absolute atomic E-state index is 0.606. The van der Waals surface area contributed by atoms with Crippen molar-refractivity contribution < 1.29 is 0 Å². The zero-order valence-corrected chi connectivity index (χ0v) is 9.71. The van der Waals surface area contributed by atoms with Crippen molar-refractivity contribution in [3.8, 4) is 0 Å². The van der Waals surface area contributed by atoms with Crippen LogP contribution in [-0.4, -0.2) is 22.6 Å². The summed E-state index contributed by atoms with van der Waals surface area (Å²) in [5, 5.41) is 6.78. The van der Waals surface area contributed by atoms with Gasteiger partial charge in [0.2, 0.25) is 5.95 Å². The molecule has 0 radical (unpaired) electrons. The van der Waals surface area contributed by atoms with Gasteiger partial charge in [-0.3, -0.25) is 0 Å². The Balaban J connectivity index is 1.85. The van der Waals surface area contributed by atoms with E-state index in [1.165, 1.54) is 30.5 Å². The number of aromatic nitrogens is 2. The Morgan fingerprint density at radius 2 is 2.19 bits per heavy atom. The Kier molecular flexibility index (Phi) is 2.52. The molecule has 2 N–H and O–H groups in total. The zero-order chi connectivity index (χ0) is 11.0. The Morgan fingerprint density at radius 1 is 1.31 bits per heavy atom. The number of aryl methyl sites for hydroxylation is 1. The van der Waals surface area contributed by atoms with Gasteiger partial charge in [0.1, 0.15) is 0 Å². The van der Waals surface area contributed by atoms with Gasteiger partial charge >= 0.3 is 0 Å². The molecule has 1 aliphatic heterocycles. The van der Waals surface area contributed by atoms with Gasteiger partial charge in [-0.15, -0.1) is 0 Å². The largest absolute Gasteiger partial charge is 0.351 e. The molecular weight excluding hydrogens is 200 g/mol. The van der Waals surface area contributed by atoms with Crippen LogP contribution in [0.4, 0.5) is 5.95 Å². The summed E-state index contributed by atoms with van der Waals surface area (Å²) < 4.78 is 0. The summed E-state index contributed by atoms with van der Waals surface area (Å²) in [6, 6.07) is 0.606. The van der Waals surface area contributed by atoms with E-state index in [9.17, 15) is 0 Å². The van der Waals surface area contributed by atoms with Crippen LogP contribution in [0.25, 0.3) is 0 Å². The van der Waals surface area contributed by atoms with E-state index in [1.807, 2.05) is 0 Å².